The molecule has 1 amide bonds. The first kappa shape index (κ1) is 18.0. The number of carbonyl (C=O) groups excluding carboxylic acids is 1. The number of hydrogen-bond acceptors (Lipinski definition) is 4. The van der Waals surface area contributed by atoms with Gasteiger partial charge in [0.1, 0.15) is 0 Å². The predicted octanol–water partition coefficient (Wildman–Crippen LogP) is 3.07. The topological polar surface area (TPSA) is 75.3 Å². The summed E-state index contributed by atoms with van der Waals surface area (Å²) in [7, 11) is -3.23. The molecule has 0 bridgehead atoms. The molecule has 0 spiro atoms. The van der Waals surface area contributed by atoms with Crippen LogP contribution < -0.4 is 10.6 Å². The van der Waals surface area contributed by atoms with Crippen molar-refractivity contribution in [2.24, 2.45) is 0 Å². The highest BCUT2D eigenvalue weighted by Crippen LogP contribution is 2.20. The minimum Gasteiger partial charge on any atom is -0.376 e. The van der Waals surface area contributed by atoms with Crippen LogP contribution in [0.5, 0.6) is 0 Å². The van der Waals surface area contributed by atoms with Crippen molar-refractivity contribution in [2.45, 2.75) is 25.7 Å². The van der Waals surface area contributed by atoms with Gasteiger partial charge in [-0.1, -0.05) is 17.7 Å². The Bertz CT molecular complexity index is 874. The maximum atomic E-state index is 12.1. The summed E-state index contributed by atoms with van der Waals surface area (Å²) in [6.45, 7) is 5.86. The molecule has 0 aromatic heterocycles. The summed E-state index contributed by atoms with van der Waals surface area (Å²) in [5.41, 5.74) is 4.45. The largest absolute Gasteiger partial charge is 0.376 e. The Labute approximate surface area is 143 Å². The second kappa shape index (κ2) is 7.05. The lowest BCUT2D eigenvalue weighted by Crippen LogP contribution is -2.22. The fourth-order valence-electron chi connectivity index (χ4n) is 2.39. The van der Waals surface area contributed by atoms with Crippen molar-refractivity contribution in [3.8, 4) is 0 Å². The zero-order valence-corrected chi connectivity index (χ0v) is 15.1. The van der Waals surface area contributed by atoms with Crippen molar-refractivity contribution in [3.05, 3.63) is 53.1 Å². The molecule has 2 aromatic rings. The van der Waals surface area contributed by atoms with Crippen LogP contribution in [-0.4, -0.2) is 27.1 Å². The number of amides is 1. The van der Waals surface area contributed by atoms with E-state index in [1.807, 2.05) is 32.0 Å². The number of anilines is 2. The van der Waals surface area contributed by atoms with Crippen molar-refractivity contribution < 1.29 is 13.2 Å². The van der Waals surface area contributed by atoms with Crippen molar-refractivity contribution in [1.29, 1.82) is 0 Å². The molecule has 0 atom stereocenters. The number of aryl methyl sites for hydroxylation is 3. The number of hydrogen-bond donors (Lipinski definition) is 2. The maximum Gasteiger partial charge on any atom is 0.243 e. The monoisotopic (exact) mass is 346 g/mol. The third kappa shape index (κ3) is 4.58. The van der Waals surface area contributed by atoms with Gasteiger partial charge in [-0.3, -0.25) is 4.79 Å². The van der Waals surface area contributed by atoms with Gasteiger partial charge in [-0.2, -0.15) is 0 Å². The fourth-order valence-corrected chi connectivity index (χ4v) is 3.09. The summed E-state index contributed by atoms with van der Waals surface area (Å²) < 4.78 is 23.1. The lowest BCUT2D eigenvalue weighted by atomic mass is 10.1. The summed E-state index contributed by atoms with van der Waals surface area (Å²) in [5, 5.41) is 5.90. The van der Waals surface area contributed by atoms with E-state index in [4.69, 9.17) is 0 Å². The zero-order chi connectivity index (χ0) is 17.9. The molecule has 0 aliphatic heterocycles. The average Bonchev–Trinajstić information content (AvgIpc) is 2.48. The van der Waals surface area contributed by atoms with Gasteiger partial charge in [0.25, 0.3) is 0 Å². The summed E-state index contributed by atoms with van der Waals surface area (Å²) in [5.74, 6) is -0.159. The van der Waals surface area contributed by atoms with Crippen LogP contribution in [0.15, 0.2) is 41.3 Å². The number of benzene rings is 2. The van der Waals surface area contributed by atoms with E-state index in [1.54, 1.807) is 19.1 Å². The normalized spacial score (nSPS) is 11.2. The van der Waals surface area contributed by atoms with E-state index in [0.29, 0.717) is 0 Å². The van der Waals surface area contributed by atoms with Gasteiger partial charge < -0.3 is 10.6 Å². The molecule has 0 aliphatic carbocycles. The Morgan fingerprint density at radius 2 is 1.58 bits per heavy atom. The summed E-state index contributed by atoms with van der Waals surface area (Å²) in [6, 6.07) is 10.7. The SMILES string of the molecule is Cc1ccc(NC(=O)CNc2ccc(S(C)(=O)=O)cc2C)c(C)c1. The first-order valence-electron chi connectivity index (χ1n) is 7.58. The minimum atomic E-state index is -3.23. The van der Waals surface area contributed by atoms with Gasteiger partial charge in [0.2, 0.25) is 5.91 Å². The predicted molar refractivity (Wildman–Crippen MR) is 97.3 cm³/mol. The van der Waals surface area contributed by atoms with E-state index in [-0.39, 0.29) is 17.3 Å². The van der Waals surface area contributed by atoms with Crippen LogP contribution in [0.1, 0.15) is 16.7 Å². The van der Waals surface area contributed by atoms with Crippen molar-refractivity contribution in [2.75, 3.05) is 23.4 Å². The Morgan fingerprint density at radius 1 is 0.958 bits per heavy atom. The Hall–Kier alpha value is -2.34. The third-order valence-corrected chi connectivity index (χ3v) is 4.83. The van der Waals surface area contributed by atoms with E-state index in [0.717, 1.165) is 28.1 Å². The number of sulfone groups is 1. The van der Waals surface area contributed by atoms with E-state index in [1.165, 1.54) is 12.3 Å². The van der Waals surface area contributed by atoms with Crippen LogP contribution in [-0.2, 0) is 14.6 Å². The lowest BCUT2D eigenvalue weighted by Gasteiger charge is -2.12. The quantitative estimate of drug-likeness (QED) is 0.872. The van der Waals surface area contributed by atoms with E-state index in [9.17, 15) is 13.2 Å². The van der Waals surface area contributed by atoms with E-state index in [2.05, 4.69) is 10.6 Å². The molecule has 0 radical (unpaired) electrons. The van der Waals surface area contributed by atoms with Gasteiger partial charge in [-0.25, -0.2) is 8.42 Å². The number of nitrogens with one attached hydrogen (secondary N) is 2. The van der Waals surface area contributed by atoms with Crippen molar-refractivity contribution in [3.63, 3.8) is 0 Å². The zero-order valence-electron chi connectivity index (χ0n) is 14.3. The molecular formula is C18H22N2O3S. The second-order valence-corrected chi connectivity index (χ2v) is 7.98. The van der Waals surface area contributed by atoms with Crippen LogP contribution in [0.4, 0.5) is 11.4 Å². The third-order valence-electron chi connectivity index (χ3n) is 3.72. The van der Waals surface area contributed by atoms with Crippen LogP contribution in [0.25, 0.3) is 0 Å². The van der Waals surface area contributed by atoms with E-state index >= 15 is 0 Å². The Morgan fingerprint density at radius 3 is 2.17 bits per heavy atom. The molecule has 0 saturated heterocycles. The summed E-state index contributed by atoms with van der Waals surface area (Å²) >= 11 is 0. The van der Waals surface area contributed by atoms with Gasteiger partial charge in [-0.15, -0.1) is 0 Å². The lowest BCUT2D eigenvalue weighted by molar-refractivity contribution is -0.114. The highest BCUT2D eigenvalue weighted by Gasteiger charge is 2.10. The van der Waals surface area contributed by atoms with Gasteiger partial charge in [-0.05, 0) is 56.2 Å². The van der Waals surface area contributed by atoms with Crippen LogP contribution in [0.2, 0.25) is 0 Å². The fraction of sp³-hybridized carbons (Fsp3) is 0.278. The molecular weight excluding hydrogens is 324 g/mol. The smallest absolute Gasteiger partial charge is 0.243 e. The molecule has 2 aromatic carbocycles. The average molecular weight is 346 g/mol. The Balaban J connectivity index is 2.01. The first-order chi connectivity index (χ1) is 11.2. The molecule has 2 rings (SSSR count). The molecule has 128 valence electrons. The summed E-state index contributed by atoms with van der Waals surface area (Å²) in [6.07, 6.45) is 1.17. The summed E-state index contributed by atoms with van der Waals surface area (Å²) in [4.78, 5) is 12.4. The first-order valence-corrected chi connectivity index (χ1v) is 9.47. The molecule has 0 saturated carbocycles. The van der Waals surface area contributed by atoms with Gasteiger partial charge in [0.15, 0.2) is 9.84 Å². The molecule has 0 heterocycles. The standard InChI is InChI=1S/C18H22N2O3S/c1-12-5-7-17(13(2)9-12)20-18(21)11-19-16-8-6-15(10-14(16)3)24(4,22)23/h5-10,19H,11H2,1-4H3,(H,20,21). The van der Waals surface area contributed by atoms with Crippen LogP contribution in [0.3, 0.4) is 0 Å². The molecule has 6 heteroatoms. The van der Waals surface area contributed by atoms with Gasteiger partial charge in [0.05, 0.1) is 11.4 Å². The van der Waals surface area contributed by atoms with Gasteiger partial charge >= 0.3 is 0 Å². The highest BCUT2D eigenvalue weighted by molar-refractivity contribution is 7.90. The van der Waals surface area contributed by atoms with Crippen molar-refractivity contribution >= 4 is 27.1 Å². The minimum absolute atomic E-state index is 0.104. The number of carbonyl (C=O) groups is 1. The second-order valence-electron chi connectivity index (χ2n) is 5.97. The molecule has 5 nitrogen and oxygen atoms in total. The molecule has 0 fully saturated rings. The number of rotatable bonds is 5. The van der Waals surface area contributed by atoms with E-state index < -0.39 is 9.84 Å². The van der Waals surface area contributed by atoms with Crippen LogP contribution in [0, 0.1) is 20.8 Å². The highest BCUT2D eigenvalue weighted by atomic mass is 32.2. The molecule has 0 aliphatic rings. The van der Waals surface area contributed by atoms with Crippen LogP contribution >= 0.6 is 0 Å². The van der Waals surface area contributed by atoms with Gasteiger partial charge in [0, 0.05) is 17.6 Å². The maximum absolute atomic E-state index is 12.1. The molecule has 2 N–H and O–H groups in total. The van der Waals surface area contributed by atoms with Crippen molar-refractivity contribution in [1.82, 2.24) is 0 Å². The molecule has 0 unspecified atom stereocenters. The Kier molecular flexibility index (Phi) is 5.29. The molecule has 24 heavy (non-hydrogen) atoms.